The number of hydrogen-bond acceptors (Lipinski definition) is 2. The molecule has 1 amide bonds. The van der Waals surface area contributed by atoms with Crippen molar-refractivity contribution >= 4 is 11.6 Å². The van der Waals surface area contributed by atoms with E-state index in [0.717, 1.165) is 0 Å². The number of carbonyl (C=O) groups excluding carboxylic acids is 1. The minimum absolute atomic E-state index is 0.0295. The molecule has 0 aliphatic rings. The van der Waals surface area contributed by atoms with Crippen LogP contribution in [0.1, 0.15) is 24.2 Å². The summed E-state index contributed by atoms with van der Waals surface area (Å²) in [5, 5.41) is 0. The molecule has 0 fully saturated rings. The lowest BCUT2D eigenvalue weighted by Gasteiger charge is -2.22. The zero-order chi connectivity index (χ0) is 10.7. The smallest absolute Gasteiger partial charge is 0.255 e. The minimum atomic E-state index is -0.0295. The van der Waals surface area contributed by atoms with Crippen molar-refractivity contribution in [2.45, 2.75) is 19.9 Å². The van der Waals surface area contributed by atoms with Gasteiger partial charge in [0.15, 0.2) is 0 Å². The third-order valence-corrected chi connectivity index (χ3v) is 2.29. The lowest BCUT2D eigenvalue weighted by atomic mass is 10.1. The number of anilines is 1. The summed E-state index contributed by atoms with van der Waals surface area (Å²) in [6.45, 7) is 3.94. The highest BCUT2D eigenvalue weighted by molar-refractivity contribution is 5.99. The van der Waals surface area contributed by atoms with Crippen molar-refractivity contribution < 1.29 is 4.79 Å². The zero-order valence-corrected chi connectivity index (χ0v) is 8.82. The summed E-state index contributed by atoms with van der Waals surface area (Å²) in [4.78, 5) is 13.5. The number of nitrogens with two attached hydrogens (primary N) is 1. The second kappa shape index (κ2) is 4.13. The predicted octanol–water partition coefficient (Wildman–Crippen LogP) is 1.75. The van der Waals surface area contributed by atoms with E-state index in [2.05, 4.69) is 0 Å². The molecule has 1 aromatic carbocycles. The van der Waals surface area contributed by atoms with E-state index in [4.69, 9.17) is 5.73 Å². The molecule has 14 heavy (non-hydrogen) atoms. The first kappa shape index (κ1) is 10.6. The van der Waals surface area contributed by atoms with Crippen LogP contribution in [0, 0.1) is 0 Å². The van der Waals surface area contributed by atoms with Gasteiger partial charge < -0.3 is 10.6 Å². The average molecular weight is 192 g/mol. The van der Waals surface area contributed by atoms with E-state index < -0.39 is 0 Å². The lowest BCUT2D eigenvalue weighted by molar-refractivity contribution is 0.0756. The minimum Gasteiger partial charge on any atom is -0.398 e. The van der Waals surface area contributed by atoms with Gasteiger partial charge in [0.2, 0.25) is 0 Å². The van der Waals surface area contributed by atoms with Crippen LogP contribution < -0.4 is 5.73 Å². The van der Waals surface area contributed by atoms with Gasteiger partial charge in [0.1, 0.15) is 0 Å². The van der Waals surface area contributed by atoms with Gasteiger partial charge in [-0.15, -0.1) is 0 Å². The van der Waals surface area contributed by atoms with Crippen LogP contribution in [0.5, 0.6) is 0 Å². The molecule has 0 saturated heterocycles. The average Bonchev–Trinajstić information content (AvgIpc) is 2.16. The molecule has 0 radical (unpaired) electrons. The second-order valence-electron chi connectivity index (χ2n) is 3.60. The van der Waals surface area contributed by atoms with Crippen molar-refractivity contribution in [3.63, 3.8) is 0 Å². The predicted molar refractivity (Wildman–Crippen MR) is 58.1 cm³/mol. The van der Waals surface area contributed by atoms with Crippen LogP contribution in [0.25, 0.3) is 0 Å². The fourth-order valence-corrected chi connectivity index (χ4v) is 1.12. The number of nitrogens with zero attached hydrogens (tertiary/aromatic N) is 1. The SMILES string of the molecule is CC(C)N(C)C(=O)c1ccccc1N. The van der Waals surface area contributed by atoms with Crippen molar-refractivity contribution in [1.29, 1.82) is 0 Å². The third kappa shape index (κ3) is 2.05. The molecule has 3 nitrogen and oxygen atoms in total. The molecule has 0 saturated carbocycles. The molecule has 76 valence electrons. The van der Waals surface area contributed by atoms with E-state index in [0.29, 0.717) is 11.3 Å². The molecule has 3 heteroatoms. The Labute approximate surface area is 84.5 Å². The van der Waals surface area contributed by atoms with Gasteiger partial charge in [-0.2, -0.15) is 0 Å². The lowest BCUT2D eigenvalue weighted by Crippen LogP contribution is -2.33. The van der Waals surface area contributed by atoms with Crippen LogP contribution in [0.15, 0.2) is 24.3 Å². The second-order valence-corrected chi connectivity index (χ2v) is 3.60. The van der Waals surface area contributed by atoms with E-state index in [1.54, 1.807) is 24.1 Å². The van der Waals surface area contributed by atoms with Crippen LogP contribution in [0.3, 0.4) is 0 Å². The molecule has 2 N–H and O–H groups in total. The fraction of sp³-hybridized carbons (Fsp3) is 0.364. The van der Waals surface area contributed by atoms with E-state index in [1.807, 2.05) is 26.0 Å². The number of carbonyl (C=O) groups is 1. The molecule has 0 aromatic heterocycles. The number of amides is 1. The Morgan fingerprint density at radius 3 is 2.43 bits per heavy atom. The molecule has 1 aromatic rings. The van der Waals surface area contributed by atoms with Crippen molar-refractivity contribution in [2.24, 2.45) is 0 Å². The fourth-order valence-electron chi connectivity index (χ4n) is 1.12. The molecular formula is C11H16N2O. The van der Waals surface area contributed by atoms with Crippen LogP contribution in [-0.4, -0.2) is 23.9 Å². The van der Waals surface area contributed by atoms with E-state index in [-0.39, 0.29) is 11.9 Å². The Morgan fingerprint density at radius 1 is 1.36 bits per heavy atom. The van der Waals surface area contributed by atoms with Crippen molar-refractivity contribution in [1.82, 2.24) is 4.90 Å². The summed E-state index contributed by atoms with van der Waals surface area (Å²) in [5.41, 5.74) is 6.82. The summed E-state index contributed by atoms with van der Waals surface area (Å²) in [6.07, 6.45) is 0. The number of benzene rings is 1. The summed E-state index contributed by atoms with van der Waals surface area (Å²) in [7, 11) is 1.78. The zero-order valence-electron chi connectivity index (χ0n) is 8.82. The maximum absolute atomic E-state index is 11.9. The Morgan fingerprint density at radius 2 is 1.93 bits per heavy atom. The Bertz CT molecular complexity index is 334. The number of rotatable bonds is 2. The van der Waals surface area contributed by atoms with Gasteiger partial charge in [-0.25, -0.2) is 0 Å². The first-order chi connectivity index (χ1) is 6.54. The molecule has 0 heterocycles. The van der Waals surface area contributed by atoms with Crippen LogP contribution in [-0.2, 0) is 0 Å². The van der Waals surface area contributed by atoms with Crippen molar-refractivity contribution in [2.75, 3.05) is 12.8 Å². The standard InChI is InChI=1S/C11H16N2O/c1-8(2)13(3)11(14)9-6-4-5-7-10(9)12/h4-8H,12H2,1-3H3. The largest absolute Gasteiger partial charge is 0.398 e. The van der Waals surface area contributed by atoms with E-state index in [1.165, 1.54) is 0 Å². The highest BCUT2D eigenvalue weighted by Gasteiger charge is 2.15. The molecule has 0 aliphatic carbocycles. The van der Waals surface area contributed by atoms with Gasteiger partial charge in [0, 0.05) is 18.8 Å². The Hall–Kier alpha value is -1.51. The highest BCUT2D eigenvalue weighted by Crippen LogP contribution is 2.13. The van der Waals surface area contributed by atoms with Gasteiger partial charge in [-0.3, -0.25) is 4.79 Å². The molecule has 0 unspecified atom stereocenters. The normalized spacial score (nSPS) is 10.3. The molecule has 0 atom stereocenters. The quantitative estimate of drug-likeness (QED) is 0.725. The first-order valence-corrected chi connectivity index (χ1v) is 4.65. The summed E-state index contributed by atoms with van der Waals surface area (Å²) in [6, 6.07) is 7.30. The first-order valence-electron chi connectivity index (χ1n) is 4.65. The molecule has 1 rings (SSSR count). The van der Waals surface area contributed by atoms with Gasteiger partial charge in [0.05, 0.1) is 5.56 Å². The summed E-state index contributed by atoms with van der Waals surface area (Å²) >= 11 is 0. The third-order valence-electron chi connectivity index (χ3n) is 2.29. The highest BCUT2D eigenvalue weighted by atomic mass is 16.2. The Balaban J connectivity index is 2.95. The summed E-state index contributed by atoms with van der Waals surface area (Å²) < 4.78 is 0. The van der Waals surface area contributed by atoms with Gasteiger partial charge in [0.25, 0.3) is 5.91 Å². The van der Waals surface area contributed by atoms with Gasteiger partial charge >= 0.3 is 0 Å². The van der Waals surface area contributed by atoms with Gasteiger partial charge in [-0.1, -0.05) is 12.1 Å². The Kier molecular flexibility index (Phi) is 3.12. The van der Waals surface area contributed by atoms with E-state index in [9.17, 15) is 4.79 Å². The molecular weight excluding hydrogens is 176 g/mol. The number of nitrogen functional groups attached to an aromatic ring is 1. The maximum Gasteiger partial charge on any atom is 0.255 e. The molecule has 0 spiro atoms. The van der Waals surface area contributed by atoms with E-state index >= 15 is 0 Å². The van der Waals surface area contributed by atoms with Crippen molar-refractivity contribution in [3.05, 3.63) is 29.8 Å². The van der Waals surface area contributed by atoms with Gasteiger partial charge in [-0.05, 0) is 26.0 Å². The monoisotopic (exact) mass is 192 g/mol. The number of hydrogen-bond donors (Lipinski definition) is 1. The summed E-state index contributed by atoms with van der Waals surface area (Å²) in [5.74, 6) is -0.0295. The molecule has 0 bridgehead atoms. The topological polar surface area (TPSA) is 46.3 Å². The van der Waals surface area contributed by atoms with Crippen LogP contribution in [0.2, 0.25) is 0 Å². The molecule has 0 aliphatic heterocycles. The van der Waals surface area contributed by atoms with Crippen LogP contribution >= 0.6 is 0 Å². The number of para-hydroxylation sites is 1. The van der Waals surface area contributed by atoms with Crippen LogP contribution in [0.4, 0.5) is 5.69 Å². The van der Waals surface area contributed by atoms with Crippen molar-refractivity contribution in [3.8, 4) is 0 Å². The maximum atomic E-state index is 11.9.